The first kappa shape index (κ1) is 22.1. The number of nitrogens with zero attached hydrogens (tertiary/aromatic N) is 1. The van der Waals surface area contributed by atoms with Crippen molar-refractivity contribution in [3.8, 4) is 0 Å². The fraction of sp³-hybridized carbons (Fsp3) is 0.565. The predicted molar refractivity (Wildman–Crippen MR) is 111 cm³/mol. The summed E-state index contributed by atoms with van der Waals surface area (Å²) in [5.41, 5.74) is 6.53. The summed E-state index contributed by atoms with van der Waals surface area (Å²) >= 11 is 0. The van der Waals surface area contributed by atoms with E-state index in [1.807, 2.05) is 12.1 Å². The number of primary amides is 1. The van der Waals surface area contributed by atoms with E-state index in [1.165, 1.54) is 38.5 Å². The molecule has 0 saturated heterocycles. The van der Waals surface area contributed by atoms with Crippen LogP contribution in [0.5, 0.6) is 0 Å². The molecule has 0 radical (unpaired) electrons. The Bertz CT molecular complexity index is 522. The number of hydrogen-bond donors (Lipinski definition) is 1. The molecule has 0 bridgehead atoms. The summed E-state index contributed by atoms with van der Waals surface area (Å²) < 4.78 is 0. The largest absolute Gasteiger partial charge is 0.369 e. The Hall–Kier alpha value is -1.90. The van der Waals surface area contributed by atoms with Crippen LogP contribution in [0.25, 0.3) is 0 Å². The molecule has 0 aromatic carbocycles. The monoisotopic (exact) mass is 356 g/mol. The molecule has 0 aliphatic carbocycles. The predicted octanol–water partition coefficient (Wildman–Crippen LogP) is 6.07. The van der Waals surface area contributed by atoms with Gasteiger partial charge in [0, 0.05) is 12.4 Å². The molecule has 26 heavy (non-hydrogen) atoms. The number of unbranched alkanes of at least 4 members (excludes halogenated alkanes) is 7. The Morgan fingerprint density at radius 1 is 0.962 bits per heavy atom. The molecular weight excluding hydrogens is 320 g/mol. The van der Waals surface area contributed by atoms with Crippen LogP contribution in [0.2, 0.25) is 0 Å². The fourth-order valence-corrected chi connectivity index (χ4v) is 3.05. The van der Waals surface area contributed by atoms with E-state index in [-0.39, 0.29) is 11.8 Å². The maximum Gasteiger partial charge on any atom is 0.224 e. The Morgan fingerprint density at radius 2 is 1.58 bits per heavy atom. The van der Waals surface area contributed by atoms with Crippen LogP contribution in [0.15, 0.2) is 48.8 Å². The Labute approximate surface area is 159 Å². The molecule has 2 N–H and O–H groups in total. The van der Waals surface area contributed by atoms with Gasteiger partial charge < -0.3 is 5.73 Å². The van der Waals surface area contributed by atoms with E-state index < -0.39 is 0 Å². The van der Waals surface area contributed by atoms with Crippen molar-refractivity contribution < 1.29 is 4.79 Å². The van der Waals surface area contributed by atoms with E-state index in [0.717, 1.165) is 37.7 Å². The molecule has 1 amide bonds. The molecule has 1 rings (SSSR count). The summed E-state index contributed by atoms with van der Waals surface area (Å²) in [6.45, 7) is 2.24. The Morgan fingerprint density at radius 3 is 2.19 bits per heavy atom. The molecular formula is C23H36N2O. The quantitative estimate of drug-likeness (QED) is 0.306. The van der Waals surface area contributed by atoms with Crippen LogP contribution >= 0.6 is 0 Å². The van der Waals surface area contributed by atoms with Crippen molar-refractivity contribution in [1.82, 2.24) is 4.98 Å². The minimum atomic E-state index is -0.234. The van der Waals surface area contributed by atoms with Crippen molar-refractivity contribution in [2.75, 3.05) is 0 Å². The molecule has 0 fully saturated rings. The molecule has 144 valence electrons. The summed E-state index contributed by atoms with van der Waals surface area (Å²) in [6.07, 6.45) is 25.4. The number of allylic oxidation sites excluding steroid dienone is 4. The van der Waals surface area contributed by atoms with Crippen LogP contribution in [0, 0.1) is 0 Å². The van der Waals surface area contributed by atoms with Crippen LogP contribution in [0.1, 0.15) is 89.0 Å². The molecule has 0 aliphatic heterocycles. The van der Waals surface area contributed by atoms with Crippen LogP contribution in [0.3, 0.4) is 0 Å². The van der Waals surface area contributed by atoms with Gasteiger partial charge in [0.2, 0.25) is 5.91 Å². The van der Waals surface area contributed by atoms with Gasteiger partial charge in [0.15, 0.2) is 0 Å². The Kier molecular flexibility index (Phi) is 13.1. The van der Waals surface area contributed by atoms with Gasteiger partial charge in [-0.25, -0.2) is 0 Å². The number of nitrogens with two attached hydrogens (primary N) is 1. The maximum absolute atomic E-state index is 11.7. The lowest BCUT2D eigenvalue weighted by Crippen LogP contribution is -2.21. The van der Waals surface area contributed by atoms with Gasteiger partial charge in [-0.2, -0.15) is 0 Å². The number of hydrogen-bond acceptors (Lipinski definition) is 2. The number of rotatable bonds is 15. The van der Waals surface area contributed by atoms with Crippen LogP contribution in [0.4, 0.5) is 0 Å². The standard InChI is InChI=1S/C23H36N2O/c1-2-3-4-5-6-7-8-9-10-11-12-13-14-15-16-22(23(24)26)21-17-19-25-20-18-21/h6-7,9-10,17-20,22H,2-5,8,11-16H2,1H3,(H2,24,26)/b7-6-,10-9-. The molecule has 1 aromatic heterocycles. The first-order valence-electron chi connectivity index (χ1n) is 10.2. The highest BCUT2D eigenvalue weighted by Crippen LogP contribution is 2.22. The first-order valence-corrected chi connectivity index (χ1v) is 10.2. The van der Waals surface area contributed by atoms with E-state index >= 15 is 0 Å². The van der Waals surface area contributed by atoms with Gasteiger partial charge in [-0.15, -0.1) is 0 Å². The normalized spacial score (nSPS) is 12.8. The third-order valence-corrected chi connectivity index (χ3v) is 4.65. The topological polar surface area (TPSA) is 56.0 Å². The summed E-state index contributed by atoms with van der Waals surface area (Å²) in [7, 11) is 0. The smallest absolute Gasteiger partial charge is 0.224 e. The van der Waals surface area contributed by atoms with Crippen molar-refractivity contribution in [1.29, 1.82) is 0 Å². The summed E-state index contributed by atoms with van der Waals surface area (Å²) in [4.78, 5) is 15.6. The van der Waals surface area contributed by atoms with Crippen LogP contribution in [-0.2, 0) is 4.79 Å². The molecule has 3 nitrogen and oxygen atoms in total. The minimum absolute atomic E-state index is 0.179. The van der Waals surface area contributed by atoms with Gasteiger partial charge in [0.1, 0.15) is 0 Å². The van der Waals surface area contributed by atoms with Gasteiger partial charge in [0.25, 0.3) is 0 Å². The average Bonchev–Trinajstić information content (AvgIpc) is 2.65. The lowest BCUT2D eigenvalue weighted by molar-refractivity contribution is -0.119. The maximum atomic E-state index is 11.7. The SMILES string of the molecule is CCCCC/C=C\C/C=C\CCCCCCC(C(N)=O)c1ccncc1. The lowest BCUT2D eigenvalue weighted by atomic mass is 9.93. The second kappa shape index (κ2) is 15.4. The third-order valence-electron chi connectivity index (χ3n) is 4.65. The van der Waals surface area contributed by atoms with E-state index in [2.05, 4.69) is 36.2 Å². The highest BCUT2D eigenvalue weighted by atomic mass is 16.1. The number of amides is 1. The first-order chi connectivity index (χ1) is 12.8. The molecule has 0 saturated carbocycles. The highest BCUT2D eigenvalue weighted by Gasteiger charge is 2.16. The zero-order valence-electron chi connectivity index (χ0n) is 16.4. The van der Waals surface area contributed by atoms with Crippen LogP contribution in [-0.4, -0.2) is 10.9 Å². The molecule has 0 aliphatic rings. The van der Waals surface area contributed by atoms with Gasteiger partial charge in [0.05, 0.1) is 5.92 Å². The highest BCUT2D eigenvalue weighted by molar-refractivity contribution is 5.81. The lowest BCUT2D eigenvalue weighted by Gasteiger charge is -2.13. The molecule has 1 unspecified atom stereocenters. The fourth-order valence-electron chi connectivity index (χ4n) is 3.05. The molecule has 1 aromatic rings. The third kappa shape index (κ3) is 10.9. The van der Waals surface area contributed by atoms with E-state index in [9.17, 15) is 4.79 Å². The number of pyridine rings is 1. The minimum Gasteiger partial charge on any atom is -0.369 e. The van der Waals surface area contributed by atoms with Crippen molar-refractivity contribution >= 4 is 5.91 Å². The van der Waals surface area contributed by atoms with E-state index in [1.54, 1.807) is 12.4 Å². The van der Waals surface area contributed by atoms with E-state index in [4.69, 9.17) is 5.73 Å². The van der Waals surface area contributed by atoms with Crippen molar-refractivity contribution in [3.63, 3.8) is 0 Å². The second-order valence-electron chi connectivity index (χ2n) is 6.90. The number of carbonyl (C=O) groups excluding carboxylic acids is 1. The number of aromatic nitrogens is 1. The molecule has 3 heteroatoms. The van der Waals surface area contributed by atoms with Gasteiger partial charge in [-0.05, 0) is 56.2 Å². The van der Waals surface area contributed by atoms with Gasteiger partial charge in [-0.1, -0.05) is 63.3 Å². The zero-order chi connectivity index (χ0) is 18.9. The summed E-state index contributed by atoms with van der Waals surface area (Å²) in [6, 6.07) is 3.77. The zero-order valence-corrected chi connectivity index (χ0v) is 16.4. The van der Waals surface area contributed by atoms with E-state index in [0.29, 0.717) is 0 Å². The van der Waals surface area contributed by atoms with Crippen molar-refractivity contribution in [3.05, 3.63) is 54.4 Å². The average molecular weight is 357 g/mol. The summed E-state index contributed by atoms with van der Waals surface area (Å²) in [5, 5.41) is 0. The second-order valence-corrected chi connectivity index (χ2v) is 6.90. The number of carbonyl (C=O) groups is 1. The van der Waals surface area contributed by atoms with Gasteiger partial charge in [-0.3, -0.25) is 9.78 Å². The van der Waals surface area contributed by atoms with Gasteiger partial charge >= 0.3 is 0 Å². The Balaban J connectivity index is 2.04. The van der Waals surface area contributed by atoms with Crippen LogP contribution < -0.4 is 5.73 Å². The summed E-state index contributed by atoms with van der Waals surface area (Å²) in [5.74, 6) is -0.413. The van der Waals surface area contributed by atoms with Crippen molar-refractivity contribution in [2.24, 2.45) is 5.73 Å². The van der Waals surface area contributed by atoms with Crippen molar-refractivity contribution in [2.45, 2.75) is 83.5 Å². The molecule has 1 heterocycles. The molecule has 0 spiro atoms. The molecule has 1 atom stereocenters.